The molecular formula is C18H28N2O4. The average Bonchev–Trinajstić information content (AvgIpc) is 2.56. The molecule has 0 saturated carbocycles. The molecule has 1 amide bonds. The second-order valence-corrected chi connectivity index (χ2v) is 5.93. The summed E-state index contributed by atoms with van der Waals surface area (Å²) in [7, 11) is 0. The average molecular weight is 336 g/mol. The molecule has 6 heteroatoms. The van der Waals surface area contributed by atoms with E-state index in [-0.39, 0.29) is 5.92 Å². The molecule has 1 aromatic rings. The van der Waals surface area contributed by atoms with Gasteiger partial charge in [-0.05, 0) is 43.3 Å². The number of likely N-dealkylation sites (N-methyl/N-ethyl adjacent to an activating group) is 1. The van der Waals surface area contributed by atoms with Gasteiger partial charge < -0.3 is 20.1 Å². The van der Waals surface area contributed by atoms with Gasteiger partial charge in [-0.3, -0.25) is 4.79 Å². The lowest BCUT2D eigenvalue weighted by atomic mass is 10.0. The minimum absolute atomic E-state index is 0.186. The first-order valence-electron chi connectivity index (χ1n) is 8.37. The van der Waals surface area contributed by atoms with Crippen molar-refractivity contribution in [2.24, 2.45) is 5.92 Å². The molecule has 0 bridgehead atoms. The molecule has 134 valence electrons. The molecule has 0 heterocycles. The molecule has 0 radical (unpaired) electrons. The van der Waals surface area contributed by atoms with E-state index >= 15 is 0 Å². The summed E-state index contributed by atoms with van der Waals surface area (Å²) in [5.74, 6) is -0.924. The number of carbonyl (C=O) groups excluding carboxylic acids is 1. The van der Waals surface area contributed by atoms with Crippen molar-refractivity contribution in [3.63, 3.8) is 0 Å². The van der Waals surface area contributed by atoms with Gasteiger partial charge in [0.05, 0.1) is 0 Å². The summed E-state index contributed by atoms with van der Waals surface area (Å²) in [6.45, 7) is 11.1. The van der Waals surface area contributed by atoms with E-state index in [9.17, 15) is 9.59 Å². The van der Waals surface area contributed by atoms with Crippen LogP contribution in [0.4, 0.5) is 0 Å². The molecule has 0 aliphatic carbocycles. The number of benzene rings is 1. The van der Waals surface area contributed by atoms with Crippen LogP contribution in [0.2, 0.25) is 0 Å². The number of hydrogen-bond acceptors (Lipinski definition) is 4. The Morgan fingerprint density at radius 2 is 1.75 bits per heavy atom. The lowest BCUT2D eigenvalue weighted by Gasteiger charge is -2.18. The van der Waals surface area contributed by atoms with E-state index in [1.807, 2.05) is 0 Å². The van der Waals surface area contributed by atoms with Crippen LogP contribution in [0.5, 0.6) is 5.75 Å². The molecule has 0 saturated heterocycles. The number of rotatable bonds is 10. The Morgan fingerprint density at radius 3 is 2.21 bits per heavy atom. The molecule has 1 atom stereocenters. The van der Waals surface area contributed by atoms with Crippen molar-refractivity contribution in [3.8, 4) is 5.75 Å². The third-order valence-corrected chi connectivity index (χ3v) is 3.91. The fourth-order valence-electron chi connectivity index (χ4n) is 2.27. The van der Waals surface area contributed by atoms with Crippen LogP contribution in [0.1, 0.15) is 38.1 Å². The minimum Gasteiger partial charge on any atom is -0.492 e. The maximum absolute atomic E-state index is 12.1. The van der Waals surface area contributed by atoms with E-state index in [0.717, 1.165) is 19.6 Å². The number of amides is 1. The summed E-state index contributed by atoms with van der Waals surface area (Å²) in [6.07, 6.45) is 0. The molecule has 1 aromatic carbocycles. The number of carbonyl (C=O) groups is 2. The monoisotopic (exact) mass is 336 g/mol. The fraction of sp³-hybridized carbons (Fsp3) is 0.556. The highest BCUT2D eigenvalue weighted by Crippen LogP contribution is 2.13. The van der Waals surface area contributed by atoms with Gasteiger partial charge in [0.25, 0.3) is 5.91 Å². The van der Waals surface area contributed by atoms with E-state index in [1.165, 1.54) is 0 Å². The minimum atomic E-state index is -1.03. The summed E-state index contributed by atoms with van der Waals surface area (Å²) in [4.78, 5) is 25.5. The first-order valence-corrected chi connectivity index (χ1v) is 8.37. The van der Waals surface area contributed by atoms with Gasteiger partial charge in [-0.2, -0.15) is 0 Å². The number of carboxylic acid groups (broad SMARTS) is 1. The predicted octanol–water partition coefficient (Wildman–Crippen LogP) is 2.25. The number of hydrogen-bond donors (Lipinski definition) is 2. The zero-order chi connectivity index (χ0) is 18.1. The molecule has 0 fully saturated rings. The quantitative estimate of drug-likeness (QED) is 0.685. The highest BCUT2D eigenvalue weighted by Gasteiger charge is 2.23. The molecular weight excluding hydrogens is 308 g/mol. The number of aliphatic carboxylic acids is 1. The van der Waals surface area contributed by atoms with Crippen molar-refractivity contribution in [1.82, 2.24) is 10.2 Å². The van der Waals surface area contributed by atoms with E-state index in [0.29, 0.717) is 17.9 Å². The lowest BCUT2D eigenvalue weighted by Crippen LogP contribution is -2.44. The van der Waals surface area contributed by atoms with Gasteiger partial charge >= 0.3 is 5.97 Å². The van der Waals surface area contributed by atoms with Crippen LogP contribution in [0.15, 0.2) is 24.3 Å². The molecule has 0 aliphatic heterocycles. The van der Waals surface area contributed by atoms with Gasteiger partial charge in [0.1, 0.15) is 18.4 Å². The molecule has 0 aromatic heterocycles. The van der Waals surface area contributed by atoms with Gasteiger partial charge in [-0.1, -0.05) is 27.7 Å². The summed E-state index contributed by atoms with van der Waals surface area (Å²) >= 11 is 0. The van der Waals surface area contributed by atoms with Crippen LogP contribution in [-0.2, 0) is 4.79 Å². The lowest BCUT2D eigenvalue weighted by molar-refractivity contribution is -0.140. The summed E-state index contributed by atoms with van der Waals surface area (Å²) in [5, 5.41) is 11.7. The molecule has 1 rings (SSSR count). The fourth-order valence-corrected chi connectivity index (χ4v) is 2.27. The van der Waals surface area contributed by atoms with Crippen molar-refractivity contribution in [2.45, 2.75) is 33.7 Å². The second kappa shape index (κ2) is 9.93. The summed E-state index contributed by atoms with van der Waals surface area (Å²) in [6, 6.07) is 5.83. The molecule has 24 heavy (non-hydrogen) atoms. The van der Waals surface area contributed by atoms with Crippen molar-refractivity contribution >= 4 is 11.9 Å². The van der Waals surface area contributed by atoms with E-state index in [2.05, 4.69) is 24.1 Å². The van der Waals surface area contributed by atoms with Gasteiger partial charge in [0.15, 0.2) is 0 Å². The van der Waals surface area contributed by atoms with E-state index in [4.69, 9.17) is 9.84 Å². The van der Waals surface area contributed by atoms with Crippen molar-refractivity contribution in [1.29, 1.82) is 0 Å². The van der Waals surface area contributed by atoms with Crippen molar-refractivity contribution in [2.75, 3.05) is 26.2 Å². The molecule has 6 nitrogen and oxygen atoms in total. The zero-order valence-electron chi connectivity index (χ0n) is 14.9. The van der Waals surface area contributed by atoms with Crippen LogP contribution >= 0.6 is 0 Å². The number of ether oxygens (including phenoxy) is 1. The Labute approximate surface area is 143 Å². The normalized spacial score (nSPS) is 12.2. The zero-order valence-corrected chi connectivity index (χ0v) is 14.9. The third kappa shape index (κ3) is 6.20. The molecule has 2 N–H and O–H groups in total. The Bertz CT molecular complexity index is 524. The molecule has 0 unspecified atom stereocenters. The Morgan fingerprint density at radius 1 is 1.17 bits per heavy atom. The Kier molecular flexibility index (Phi) is 8.26. The number of nitrogens with one attached hydrogen (secondary N) is 1. The topological polar surface area (TPSA) is 78.9 Å². The molecule has 0 spiro atoms. The second-order valence-electron chi connectivity index (χ2n) is 5.93. The van der Waals surface area contributed by atoms with E-state index in [1.54, 1.807) is 38.1 Å². The third-order valence-electron chi connectivity index (χ3n) is 3.91. The molecule has 0 aliphatic rings. The van der Waals surface area contributed by atoms with Gasteiger partial charge in [-0.15, -0.1) is 0 Å². The van der Waals surface area contributed by atoms with Crippen LogP contribution in [0.25, 0.3) is 0 Å². The Hall–Kier alpha value is -2.08. The maximum Gasteiger partial charge on any atom is 0.326 e. The standard InChI is InChI=1S/C18H28N2O4/c1-5-20(6-2)11-12-24-15-9-7-14(8-10-15)17(21)19-16(13(3)4)18(22)23/h7-10,13,16H,5-6,11-12H2,1-4H3,(H,19,21)(H,22,23)/t16-/m1/s1. The largest absolute Gasteiger partial charge is 0.492 e. The van der Waals surface area contributed by atoms with Crippen LogP contribution in [-0.4, -0.2) is 54.2 Å². The highest BCUT2D eigenvalue weighted by atomic mass is 16.5. The highest BCUT2D eigenvalue weighted by molar-refractivity contribution is 5.96. The van der Waals surface area contributed by atoms with Crippen molar-refractivity contribution < 1.29 is 19.4 Å². The first kappa shape index (κ1) is 20.0. The number of nitrogens with zero attached hydrogens (tertiary/aromatic N) is 1. The van der Waals surface area contributed by atoms with Gasteiger partial charge in [0.2, 0.25) is 0 Å². The smallest absolute Gasteiger partial charge is 0.326 e. The van der Waals surface area contributed by atoms with Gasteiger partial charge in [0, 0.05) is 12.1 Å². The van der Waals surface area contributed by atoms with E-state index < -0.39 is 17.9 Å². The summed E-state index contributed by atoms with van der Waals surface area (Å²) < 4.78 is 5.66. The van der Waals surface area contributed by atoms with Crippen LogP contribution in [0, 0.1) is 5.92 Å². The SMILES string of the molecule is CCN(CC)CCOc1ccc(C(=O)N[C@@H](C(=O)O)C(C)C)cc1. The predicted molar refractivity (Wildman–Crippen MR) is 93.5 cm³/mol. The first-order chi connectivity index (χ1) is 11.4. The van der Waals surface area contributed by atoms with Crippen LogP contribution < -0.4 is 10.1 Å². The van der Waals surface area contributed by atoms with Gasteiger partial charge in [-0.25, -0.2) is 4.79 Å². The Balaban J connectivity index is 2.57. The number of carboxylic acids is 1. The maximum atomic E-state index is 12.1. The summed E-state index contributed by atoms with van der Waals surface area (Å²) in [5.41, 5.74) is 0.415. The van der Waals surface area contributed by atoms with Crippen LogP contribution in [0.3, 0.4) is 0 Å². The van der Waals surface area contributed by atoms with Crippen molar-refractivity contribution in [3.05, 3.63) is 29.8 Å².